The van der Waals surface area contributed by atoms with Gasteiger partial charge in [-0.3, -0.25) is 0 Å². The van der Waals surface area contributed by atoms with Gasteiger partial charge in [-0.25, -0.2) is 4.79 Å². The van der Waals surface area contributed by atoms with Gasteiger partial charge in [0.25, 0.3) is 0 Å². The van der Waals surface area contributed by atoms with Crippen molar-refractivity contribution in [2.75, 3.05) is 6.61 Å². The van der Waals surface area contributed by atoms with E-state index in [0.717, 1.165) is 9.79 Å². The lowest BCUT2D eigenvalue weighted by Crippen LogP contribution is -2.05. The van der Waals surface area contributed by atoms with Crippen LogP contribution in [0.1, 0.15) is 22.8 Å². The topological polar surface area (TPSA) is 50.1 Å². The number of rotatable bonds is 4. The molecule has 0 fully saturated rings. The second-order valence-corrected chi connectivity index (χ2v) is 5.01. The van der Waals surface area contributed by atoms with E-state index in [9.17, 15) is 4.79 Å². The van der Waals surface area contributed by atoms with Crippen LogP contribution in [0.2, 0.25) is 0 Å². The van der Waals surface area contributed by atoms with Crippen molar-refractivity contribution >= 4 is 17.7 Å². The van der Waals surface area contributed by atoms with Crippen LogP contribution in [0.3, 0.4) is 0 Å². The highest BCUT2D eigenvalue weighted by Crippen LogP contribution is 2.32. The third-order valence-corrected chi connectivity index (χ3v) is 3.76. The summed E-state index contributed by atoms with van der Waals surface area (Å²) in [5.41, 5.74) is 1.11. The van der Waals surface area contributed by atoms with E-state index in [1.54, 1.807) is 25.1 Å². The lowest BCUT2D eigenvalue weighted by Gasteiger charge is -2.09. The normalized spacial score (nSPS) is 9.80. The van der Waals surface area contributed by atoms with Gasteiger partial charge in [0.1, 0.15) is 6.07 Å². The quantitative estimate of drug-likeness (QED) is 0.799. The summed E-state index contributed by atoms with van der Waals surface area (Å²) < 4.78 is 5.05. The molecule has 0 saturated carbocycles. The fourth-order valence-corrected chi connectivity index (χ4v) is 2.71. The maximum atomic E-state index is 11.9. The number of benzene rings is 2. The summed E-state index contributed by atoms with van der Waals surface area (Å²) in [5, 5.41) is 9.10. The van der Waals surface area contributed by atoms with Gasteiger partial charge in [-0.15, -0.1) is 0 Å². The molecule has 0 aliphatic rings. The zero-order valence-electron chi connectivity index (χ0n) is 11.0. The molecule has 0 aliphatic heterocycles. The molecular formula is C16H13NO2S. The monoisotopic (exact) mass is 283 g/mol. The summed E-state index contributed by atoms with van der Waals surface area (Å²) in [6.07, 6.45) is 0. The van der Waals surface area contributed by atoms with Gasteiger partial charge in [0.15, 0.2) is 0 Å². The number of hydrogen-bond donors (Lipinski definition) is 0. The molecular weight excluding hydrogens is 270 g/mol. The first-order chi connectivity index (χ1) is 9.76. The average Bonchev–Trinajstić information content (AvgIpc) is 2.48. The van der Waals surface area contributed by atoms with Crippen LogP contribution in [-0.2, 0) is 4.74 Å². The molecule has 2 rings (SSSR count). The van der Waals surface area contributed by atoms with Gasteiger partial charge in [0, 0.05) is 9.79 Å². The smallest absolute Gasteiger partial charge is 0.339 e. The number of nitrogens with zero attached hydrogens (tertiary/aromatic N) is 1. The first-order valence-corrected chi connectivity index (χ1v) is 7.01. The number of hydrogen-bond acceptors (Lipinski definition) is 4. The number of esters is 1. The first kappa shape index (κ1) is 14.2. The van der Waals surface area contributed by atoms with Crippen molar-refractivity contribution in [3.8, 4) is 6.07 Å². The Labute approximate surface area is 122 Å². The van der Waals surface area contributed by atoms with E-state index in [2.05, 4.69) is 6.07 Å². The zero-order chi connectivity index (χ0) is 14.4. The van der Waals surface area contributed by atoms with Crippen molar-refractivity contribution in [3.63, 3.8) is 0 Å². The minimum atomic E-state index is -0.343. The molecule has 0 unspecified atom stereocenters. The highest BCUT2D eigenvalue weighted by molar-refractivity contribution is 7.99. The maximum Gasteiger partial charge on any atom is 0.339 e. The lowest BCUT2D eigenvalue weighted by atomic mass is 10.2. The number of ether oxygens (including phenoxy) is 1. The summed E-state index contributed by atoms with van der Waals surface area (Å²) in [6.45, 7) is 2.12. The van der Waals surface area contributed by atoms with Crippen LogP contribution in [-0.4, -0.2) is 12.6 Å². The Bertz CT molecular complexity index is 662. The molecule has 2 aromatic rings. The minimum absolute atomic E-state index is 0.340. The van der Waals surface area contributed by atoms with Crippen LogP contribution in [0.25, 0.3) is 0 Å². The number of carbonyl (C=O) groups is 1. The Morgan fingerprint density at radius 2 is 1.80 bits per heavy atom. The van der Waals surface area contributed by atoms with Crippen molar-refractivity contribution < 1.29 is 9.53 Å². The van der Waals surface area contributed by atoms with Crippen LogP contribution in [0.4, 0.5) is 0 Å². The number of carbonyl (C=O) groups excluding carboxylic acids is 1. The van der Waals surface area contributed by atoms with Gasteiger partial charge in [0.05, 0.1) is 17.7 Å². The van der Waals surface area contributed by atoms with Crippen LogP contribution in [0.15, 0.2) is 58.3 Å². The molecule has 0 bridgehead atoms. The van der Waals surface area contributed by atoms with Crippen molar-refractivity contribution in [2.24, 2.45) is 0 Å². The SMILES string of the molecule is CCOC(=O)c1ccccc1Sc1ccccc1C#N. The molecule has 0 aliphatic carbocycles. The van der Waals surface area contributed by atoms with Gasteiger partial charge >= 0.3 is 5.97 Å². The van der Waals surface area contributed by atoms with Crippen molar-refractivity contribution in [1.29, 1.82) is 5.26 Å². The van der Waals surface area contributed by atoms with E-state index in [4.69, 9.17) is 10.00 Å². The van der Waals surface area contributed by atoms with Gasteiger partial charge in [-0.1, -0.05) is 36.0 Å². The van der Waals surface area contributed by atoms with Crippen LogP contribution in [0.5, 0.6) is 0 Å². The fraction of sp³-hybridized carbons (Fsp3) is 0.125. The van der Waals surface area contributed by atoms with Gasteiger partial charge in [-0.05, 0) is 31.2 Å². The van der Waals surface area contributed by atoms with Crippen LogP contribution >= 0.6 is 11.8 Å². The first-order valence-electron chi connectivity index (χ1n) is 6.19. The second-order valence-electron chi connectivity index (χ2n) is 3.93. The largest absolute Gasteiger partial charge is 0.462 e. The van der Waals surface area contributed by atoms with Crippen LogP contribution < -0.4 is 0 Å². The molecule has 0 heterocycles. The summed E-state index contributed by atoms with van der Waals surface area (Å²) in [6, 6.07) is 16.7. The third kappa shape index (κ3) is 3.19. The molecule has 0 aromatic heterocycles. The fourth-order valence-electron chi connectivity index (χ4n) is 1.70. The highest BCUT2D eigenvalue weighted by atomic mass is 32.2. The minimum Gasteiger partial charge on any atom is -0.462 e. The predicted molar refractivity (Wildman–Crippen MR) is 77.7 cm³/mol. The lowest BCUT2D eigenvalue weighted by molar-refractivity contribution is 0.0522. The molecule has 3 nitrogen and oxygen atoms in total. The maximum absolute atomic E-state index is 11.9. The Morgan fingerprint density at radius 3 is 2.50 bits per heavy atom. The van der Waals surface area contributed by atoms with E-state index >= 15 is 0 Å². The Kier molecular flexibility index (Phi) is 4.80. The molecule has 100 valence electrons. The predicted octanol–water partition coefficient (Wildman–Crippen LogP) is 3.89. The molecule has 2 aromatic carbocycles. The number of nitriles is 1. The standard InChI is InChI=1S/C16H13NO2S/c1-2-19-16(18)13-8-4-6-10-15(13)20-14-9-5-3-7-12(14)11-17/h3-10H,2H2,1H3. The third-order valence-electron chi connectivity index (χ3n) is 2.61. The van der Waals surface area contributed by atoms with Crippen molar-refractivity contribution in [1.82, 2.24) is 0 Å². The average molecular weight is 283 g/mol. The molecule has 0 atom stereocenters. The molecule has 0 saturated heterocycles. The molecule has 0 amide bonds. The van der Waals surface area contributed by atoms with Crippen molar-refractivity contribution in [2.45, 2.75) is 16.7 Å². The summed E-state index contributed by atoms with van der Waals surface area (Å²) in [4.78, 5) is 13.5. The molecule has 0 spiro atoms. The van der Waals surface area contributed by atoms with Gasteiger partial charge in [0.2, 0.25) is 0 Å². The Balaban J connectivity index is 2.35. The van der Waals surface area contributed by atoms with Gasteiger partial charge < -0.3 is 4.74 Å². The molecule has 0 N–H and O–H groups in total. The highest BCUT2D eigenvalue weighted by Gasteiger charge is 2.13. The Morgan fingerprint density at radius 1 is 1.15 bits per heavy atom. The molecule has 20 heavy (non-hydrogen) atoms. The molecule has 0 radical (unpaired) electrons. The van der Waals surface area contributed by atoms with Crippen LogP contribution in [0, 0.1) is 11.3 Å². The van der Waals surface area contributed by atoms with Crippen molar-refractivity contribution in [3.05, 3.63) is 59.7 Å². The molecule has 4 heteroatoms. The summed E-state index contributed by atoms with van der Waals surface area (Å²) in [7, 11) is 0. The Hall–Kier alpha value is -2.25. The summed E-state index contributed by atoms with van der Waals surface area (Å²) >= 11 is 1.40. The van der Waals surface area contributed by atoms with E-state index in [-0.39, 0.29) is 5.97 Å². The van der Waals surface area contributed by atoms with E-state index in [1.807, 2.05) is 30.3 Å². The summed E-state index contributed by atoms with van der Waals surface area (Å²) in [5.74, 6) is -0.343. The second kappa shape index (κ2) is 6.78. The van der Waals surface area contributed by atoms with E-state index < -0.39 is 0 Å². The van der Waals surface area contributed by atoms with Gasteiger partial charge in [-0.2, -0.15) is 5.26 Å². The van der Waals surface area contributed by atoms with E-state index in [1.165, 1.54) is 11.8 Å². The zero-order valence-corrected chi connectivity index (χ0v) is 11.8. The van der Waals surface area contributed by atoms with E-state index in [0.29, 0.717) is 17.7 Å².